The second-order valence-corrected chi connectivity index (χ2v) is 7.88. The Hall–Kier alpha value is -2.01. The number of rotatable bonds is 3. The van der Waals surface area contributed by atoms with Gasteiger partial charge in [0, 0.05) is 37.3 Å². The monoisotopic (exact) mass is 354 g/mol. The Balaban J connectivity index is 1.70. The summed E-state index contributed by atoms with van der Waals surface area (Å²) in [6, 6.07) is 13.9. The Morgan fingerprint density at radius 3 is 2.68 bits per heavy atom. The summed E-state index contributed by atoms with van der Waals surface area (Å²) >= 11 is 1.57. The van der Waals surface area contributed by atoms with Crippen LogP contribution in [0.1, 0.15) is 18.0 Å². The number of thioether (sulfide) groups is 1. The maximum absolute atomic E-state index is 12.7. The lowest BCUT2D eigenvalue weighted by molar-refractivity contribution is -0.131. The third-order valence-electron chi connectivity index (χ3n) is 5.28. The Morgan fingerprint density at radius 1 is 1.12 bits per heavy atom. The first-order chi connectivity index (χ1) is 12.2. The molecule has 1 saturated heterocycles. The molecule has 3 heterocycles. The van der Waals surface area contributed by atoms with Crippen molar-refractivity contribution in [3.05, 3.63) is 58.5 Å². The molecule has 0 aliphatic carbocycles. The second-order valence-electron chi connectivity index (χ2n) is 7.01. The lowest BCUT2D eigenvalue weighted by atomic mass is 9.82. The molecule has 2 bridgehead atoms. The van der Waals surface area contributed by atoms with E-state index in [1.165, 1.54) is 0 Å². The highest BCUT2D eigenvalue weighted by Crippen LogP contribution is 2.36. The minimum Gasteiger partial charge on any atom is -0.341 e. The molecule has 0 saturated carbocycles. The Labute approximate surface area is 151 Å². The van der Waals surface area contributed by atoms with Gasteiger partial charge in [0.2, 0.25) is 5.91 Å². The molecule has 4 nitrogen and oxygen atoms in total. The highest BCUT2D eigenvalue weighted by Gasteiger charge is 2.36. The van der Waals surface area contributed by atoms with Gasteiger partial charge in [-0.05, 0) is 35.8 Å². The number of carbonyl (C=O) groups excluding carboxylic acids is 1. The first-order valence-electron chi connectivity index (χ1n) is 8.72. The van der Waals surface area contributed by atoms with E-state index < -0.39 is 0 Å². The van der Waals surface area contributed by atoms with Crippen LogP contribution in [0.5, 0.6) is 0 Å². The van der Waals surface area contributed by atoms with Gasteiger partial charge in [-0.1, -0.05) is 30.3 Å². The fourth-order valence-corrected chi connectivity index (χ4v) is 4.60. The van der Waals surface area contributed by atoms with Crippen LogP contribution in [-0.4, -0.2) is 40.5 Å². The van der Waals surface area contributed by atoms with Crippen molar-refractivity contribution in [2.45, 2.75) is 18.9 Å². The first-order valence-corrected chi connectivity index (χ1v) is 10.1. The molecule has 2 aliphatic rings. The molecular weight excluding hydrogens is 332 g/mol. The number of carbonyl (C=O) groups is 1. The Morgan fingerprint density at radius 2 is 1.92 bits per heavy atom. The molecule has 4 rings (SSSR count). The van der Waals surface area contributed by atoms with Gasteiger partial charge in [-0.3, -0.25) is 9.59 Å². The summed E-state index contributed by atoms with van der Waals surface area (Å²) in [5.74, 6) is 1.40. The third-order valence-corrected chi connectivity index (χ3v) is 5.82. The number of aromatic nitrogens is 1. The smallest absolute Gasteiger partial charge is 0.251 e. The van der Waals surface area contributed by atoms with Crippen LogP contribution < -0.4 is 5.56 Å². The average molecular weight is 354 g/mol. The molecule has 25 heavy (non-hydrogen) atoms. The quantitative estimate of drug-likeness (QED) is 0.851. The zero-order valence-electron chi connectivity index (χ0n) is 14.4. The van der Waals surface area contributed by atoms with Crippen LogP contribution in [-0.2, 0) is 11.3 Å². The van der Waals surface area contributed by atoms with Crippen LogP contribution in [0.4, 0.5) is 0 Å². The van der Waals surface area contributed by atoms with Gasteiger partial charge in [-0.2, -0.15) is 11.8 Å². The fraction of sp³-hybridized carbons (Fsp3) is 0.400. The minimum atomic E-state index is 0.0787. The van der Waals surface area contributed by atoms with E-state index in [2.05, 4.69) is 6.07 Å². The predicted molar refractivity (Wildman–Crippen MR) is 102 cm³/mol. The number of pyridine rings is 1. The summed E-state index contributed by atoms with van der Waals surface area (Å²) < 4.78 is 1.93. The van der Waals surface area contributed by atoms with Crippen molar-refractivity contribution in [1.82, 2.24) is 9.47 Å². The Kier molecular flexibility index (Phi) is 4.42. The molecule has 130 valence electrons. The number of piperidine rings is 1. The molecule has 2 atom stereocenters. The fourth-order valence-electron chi connectivity index (χ4n) is 4.17. The van der Waals surface area contributed by atoms with Gasteiger partial charge in [-0.15, -0.1) is 0 Å². The van der Waals surface area contributed by atoms with E-state index in [9.17, 15) is 9.59 Å². The average Bonchev–Trinajstić information content (AvgIpc) is 2.63. The van der Waals surface area contributed by atoms with E-state index in [0.717, 1.165) is 42.9 Å². The molecule has 1 fully saturated rings. The van der Waals surface area contributed by atoms with E-state index >= 15 is 0 Å². The number of fused-ring (bicyclic) bond motifs is 4. The summed E-state index contributed by atoms with van der Waals surface area (Å²) in [6.07, 6.45) is 3.03. The van der Waals surface area contributed by atoms with Gasteiger partial charge in [0.05, 0.1) is 5.75 Å². The maximum Gasteiger partial charge on any atom is 0.251 e. The van der Waals surface area contributed by atoms with Crippen LogP contribution in [0, 0.1) is 5.92 Å². The maximum atomic E-state index is 12.7. The van der Waals surface area contributed by atoms with Crippen molar-refractivity contribution in [2.24, 2.45) is 5.92 Å². The van der Waals surface area contributed by atoms with E-state index in [1.54, 1.807) is 17.8 Å². The predicted octanol–water partition coefficient (Wildman–Crippen LogP) is 2.82. The third kappa shape index (κ3) is 3.13. The van der Waals surface area contributed by atoms with E-state index in [0.29, 0.717) is 11.7 Å². The topological polar surface area (TPSA) is 42.3 Å². The van der Waals surface area contributed by atoms with Gasteiger partial charge in [0.15, 0.2) is 0 Å². The largest absolute Gasteiger partial charge is 0.341 e. The van der Waals surface area contributed by atoms with Crippen LogP contribution in [0.3, 0.4) is 0 Å². The summed E-state index contributed by atoms with van der Waals surface area (Å²) in [5.41, 5.74) is 3.21. The number of amides is 1. The van der Waals surface area contributed by atoms with Crippen LogP contribution in [0.2, 0.25) is 0 Å². The van der Waals surface area contributed by atoms with Gasteiger partial charge < -0.3 is 9.47 Å². The SMILES string of the molecule is CSCC(=O)N1C[C@@H]2C[C@H](C1)c1cc(-c3ccccc3)cc(=O)n1C2. The second kappa shape index (κ2) is 6.71. The number of likely N-dealkylation sites (tertiary alicyclic amines) is 1. The molecule has 0 radical (unpaired) electrons. The van der Waals surface area contributed by atoms with E-state index in [1.807, 2.05) is 46.1 Å². The number of hydrogen-bond donors (Lipinski definition) is 0. The number of hydrogen-bond acceptors (Lipinski definition) is 3. The molecule has 2 aromatic rings. The van der Waals surface area contributed by atoms with Crippen LogP contribution in [0.25, 0.3) is 11.1 Å². The van der Waals surface area contributed by atoms with Gasteiger partial charge >= 0.3 is 0 Å². The highest BCUT2D eigenvalue weighted by atomic mass is 32.2. The van der Waals surface area contributed by atoms with Crippen molar-refractivity contribution in [3.8, 4) is 11.1 Å². The van der Waals surface area contributed by atoms with E-state index in [4.69, 9.17) is 0 Å². The number of benzene rings is 1. The Bertz CT molecular complexity index is 847. The highest BCUT2D eigenvalue weighted by molar-refractivity contribution is 7.99. The molecule has 0 N–H and O–H groups in total. The van der Waals surface area contributed by atoms with E-state index in [-0.39, 0.29) is 17.4 Å². The molecule has 1 aromatic carbocycles. The van der Waals surface area contributed by atoms with Crippen molar-refractivity contribution in [1.29, 1.82) is 0 Å². The van der Waals surface area contributed by atoms with Crippen LogP contribution >= 0.6 is 11.8 Å². The molecular formula is C20H22N2O2S. The zero-order chi connectivity index (χ0) is 17.4. The summed E-state index contributed by atoms with van der Waals surface area (Å²) in [5, 5.41) is 0. The molecule has 0 spiro atoms. The molecule has 1 amide bonds. The molecule has 1 aromatic heterocycles. The van der Waals surface area contributed by atoms with Crippen molar-refractivity contribution >= 4 is 17.7 Å². The summed E-state index contributed by atoms with van der Waals surface area (Å²) in [4.78, 5) is 27.0. The normalized spacial score (nSPS) is 21.7. The van der Waals surface area contributed by atoms with Crippen molar-refractivity contribution in [3.63, 3.8) is 0 Å². The summed E-state index contributed by atoms with van der Waals surface area (Å²) in [6.45, 7) is 2.23. The molecule has 2 aliphatic heterocycles. The lowest BCUT2D eigenvalue weighted by Crippen LogP contribution is -2.49. The van der Waals surface area contributed by atoms with Gasteiger partial charge in [0.1, 0.15) is 0 Å². The number of nitrogens with zero attached hydrogens (tertiary/aromatic N) is 2. The van der Waals surface area contributed by atoms with Gasteiger partial charge in [0.25, 0.3) is 5.56 Å². The molecule has 0 unspecified atom stereocenters. The van der Waals surface area contributed by atoms with Crippen molar-refractivity contribution < 1.29 is 4.79 Å². The van der Waals surface area contributed by atoms with Gasteiger partial charge in [-0.25, -0.2) is 0 Å². The van der Waals surface area contributed by atoms with Crippen molar-refractivity contribution in [2.75, 3.05) is 25.1 Å². The molecule has 5 heteroatoms. The summed E-state index contributed by atoms with van der Waals surface area (Å²) in [7, 11) is 0. The standard InChI is InChI=1S/C20H22N2O2S/c1-25-13-20(24)21-10-14-7-17(12-21)18-8-16(9-19(23)22(18)11-14)15-5-3-2-4-6-15/h2-6,8-9,14,17H,7,10-13H2,1H3/t14-,17+/m0/s1. The first kappa shape index (κ1) is 16.5. The minimum absolute atomic E-state index is 0.0787. The van der Waals surface area contributed by atoms with Crippen LogP contribution in [0.15, 0.2) is 47.3 Å². The lowest BCUT2D eigenvalue weighted by Gasteiger charge is -2.43. The zero-order valence-corrected chi connectivity index (χ0v) is 15.2.